The van der Waals surface area contributed by atoms with Crippen LogP contribution in [0.5, 0.6) is 5.75 Å². The van der Waals surface area contributed by atoms with Gasteiger partial charge in [-0.2, -0.15) is 0 Å². The summed E-state index contributed by atoms with van der Waals surface area (Å²) in [4.78, 5) is 11.1. The van der Waals surface area contributed by atoms with Crippen LogP contribution in [0, 0.1) is 23.7 Å². The number of ether oxygens (including phenoxy) is 1. The Morgan fingerprint density at radius 2 is 2.25 bits per heavy atom. The van der Waals surface area contributed by atoms with Crippen LogP contribution in [0.25, 0.3) is 0 Å². The average Bonchev–Trinajstić information content (AvgIpc) is 3.17. The van der Waals surface area contributed by atoms with Gasteiger partial charge in [-0.05, 0) is 24.8 Å². The van der Waals surface area contributed by atoms with E-state index in [0.29, 0.717) is 19.3 Å². The number of hydrogen-bond donors (Lipinski definition) is 3. The molecule has 0 spiro atoms. The average molecular weight is 383 g/mol. The molecule has 1 aliphatic carbocycles. The summed E-state index contributed by atoms with van der Waals surface area (Å²) >= 11 is 0. The molecule has 1 aliphatic heterocycles. The smallest absolute Gasteiger partial charge is 0.217 e. The number of aliphatic hydroxyl groups excluding tert-OH is 2. The van der Waals surface area contributed by atoms with Crippen LogP contribution in [0.4, 0.5) is 0 Å². The van der Waals surface area contributed by atoms with E-state index in [4.69, 9.17) is 10.5 Å². The molecule has 1 amide bonds. The number of amides is 1. The molecule has 4 N–H and O–H groups in total. The fraction of sp³-hybridized carbons (Fsp3) is 0.522. The highest BCUT2D eigenvalue weighted by molar-refractivity contribution is 5.74. The number of carbonyl (C=O) groups excluding carboxylic acids is 1. The summed E-state index contributed by atoms with van der Waals surface area (Å²) < 4.78 is 6.18. The second kappa shape index (κ2) is 8.81. The van der Waals surface area contributed by atoms with E-state index in [-0.39, 0.29) is 36.2 Å². The van der Waals surface area contributed by atoms with Crippen LogP contribution >= 0.6 is 0 Å². The van der Waals surface area contributed by atoms with Gasteiger partial charge < -0.3 is 20.7 Å². The highest BCUT2D eigenvalue weighted by Gasteiger charge is 2.48. The number of hydrogen-bond acceptors (Lipinski definition) is 4. The van der Waals surface area contributed by atoms with E-state index in [0.717, 1.165) is 16.9 Å². The van der Waals surface area contributed by atoms with Gasteiger partial charge in [0.25, 0.3) is 0 Å². The molecule has 1 fully saturated rings. The van der Waals surface area contributed by atoms with Gasteiger partial charge in [0.2, 0.25) is 5.91 Å². The second-order valence-electron chi connectivity index (χ2n) is 7.85. The molecular weight excluding hydrogens is 354 g/mol. The zero-order chi connectivity index (χ0) is 20.3. The summed E-state index contributed by atoms with van der Waals surface area (Å²) in [5.41, 5.74) is 7.33. The molecule has 0 aromatic heterocycles. The third kappa shape index (κ3) is 4.24. The Morgan fingerprint density at radius 1 is 1.46 bits per heavy atom. The lowest BCUT2D eigenvalue weighted by Gasteiger charge is -2.19. The van der Waals surface area contributed by atoms with Gasteiger partial charge in [0.1, 0.15) is 11.9 Å². The molecule has 5 nitrogen and oxygen atoms in total. The minimum Gasteiger partial charge on any atom is -0.489 e. The van der Waals surface area contributed by atoms with Crippen LogP contribution in [0.2, 0.25) is 0 Å². The first-order chi connectivity index (χ1) is 13.4. The predicted octanol–water partition coefficient (Wildman–Crippen LogP) is 2.30. The first-order valence-electron chi connectivity index (χ1n) is 9.93. The van der Waals surface area contributed by atoms with Crippen molar-refractivity contribution in [2.45, 2.75) is 63.8 Å². The van der Waals surface area contributed by atoms with E-state index in [2.05, 4.69) is 11.8 Å². The van der Waals surface area contributed by atoms with Crippen LogP contribution < -0.4 is 10.5 Å². The van der Waals surface area contributed by atoms with Crippen molar-refractivity contribution in [2.75, 3.05) is 0 Å². The van der Waals surface area contributed by atoms with Gasteiger partial charge in [0.05, 0.1) is 12.2 Å². The highest BCUT2D eigenvalue weighted by atomic mass is 16.5. The standard InChI is InChI=1S/C23H29NO4/c1-3-4-6-14(2)18(25)11-10-16-19(26)13-20-22(16)17-8-5-7-15(23(17)28-20)9-12-21(24)27/h5,7-8,10-11,14,16,18-20,22,25-26H,6,9,12-13H2,1-2H3,(H2,24,27)/t14-,16+,18-,19-,20+,22+/m1/s1. The molecule has 1 heterocycles. The van der Waals surface area contributed by atoms with Crippen molar-refractivity contribution in [3.05, 3.63) is 41.5 Å². The Labute approximate surface area is 166 Å². The Morgan fingerprint density at radius 3 is 2.96 bits per heavy atom. The molecule has 0 unspecified atom stereocenters. The van der Waals surface area contributed by atoms with E-state index in [1.807, 2.05) is 31.2 Å². The van der Waals surface area contributed by atoms with Crippen LogP contribution in [0.1, 0.15) is 50.2 Å². The van der Waals surface area contributed by atoms with Crippen molar-refractivity contribution in [1.29, 1.82) is 0 Å². The van der Waals surface area contributed by atoms with Gasteiger partial charge in [0.15, 0.2) is 0 Å². The molecule has 1 saturated carbocycles. The molecule has 0 saturated heterocycles. The Kier molecular flexibility index (Phi) is 6.43. The quantitative estimate of drug-likeness (QED) is 0.498. The maximum absolute atomic E-state index is 11.1. The predicted molar refractivity (Wildman–Crippen MR) is 108 cm³/mol. The molecule has 0 radical (unpaired) electrons. The molecule has 0 bridgehead atoms. The van der Waals surface area contributed by atoms with Crippen molar-refractivity contribution in [1.82, 2.24) is 0 Å². The molecule has 1 aromatic rings. The molecular formula is C23H29NO4. The summed E-state index contributed by atoms with van der Waals surface area (Å²) in [6, 6.07) is 5.96. The van der Waals surface area contributed by atoms with Crippen molar-refractivity contribution in [3.8, 4) is 17.6 Å². The number of fused-ring (bicyclic) bond motifs is 3. The summed E-state index contributed by atoms with van der Waals surface area (Å²) in [6.45, 7) is 3.76. The first-order valence-corrected chi connectivity index (χ1v) is 9.93. The number of para-hydroxylation sites is 1. The fourth-order valence-electron chi connectivity index (χ4n) is 4.24. The maximum Gasteiger partial charge on any atom is 0.217 e. The fourth-order valence-corrected chi connectivity index (χ4v) is 4.24. The monoisotopic (exact) mass is 383 g/mol. The number of aryl methyl sites for hydroxylation is 1. The van der Waals surface area contributed by atoms with E-state index < -0.39 is 12.2 Å². The van der Waals surface area contributed by atoms with Gasteiger partial charge in [-0.15, -0.1) is 11.8 Å². The van der Waals surface area contributed by atoms with Gasteiger partial charge in [-0.1, -0.05) is 37.3 Å². The lowest BCUT2D eigenvalue weighted by atomic mass is 9.86. The zero-order valence-electron chi connectivity index (χ0n) is 16.5. The van der Waals surface area contributed by atoms with E-state index in [1.54, 1.807) is 13.0 Å². The first kappa shape index (κ1) is 20.4. The Bertz CT molecular complexity index is 807. The van der Waals surface area contributed by atoms with Crippen molar-refractivity contribution < 1.29 is 19.7 Å². The minimum atomic E-state index is -0.601. The van der Waals surface area contributed by atoms with E-state index >= 15 is 0 Å². The van der Waals surface area contributed by atoms with Gasteiger partial charge in [-0.3, -0.25) is 4.79 Å². The van der Waals surface area contributed by atoms with Crippen LogP contribution in [-0.4, -0.2) is 34.4 Å². The van der Waals surface area contributed by atoms with Crippen LogP contribution in [-0.2, 0) is 11.2 Å². The zero-order valence-corrected chi connectivity index (χ0v) is 16.5. The molecule has 5 heteroatoms. The number of aliphatic hydroxyl groups is 2. The van der Waals surface area contributed by atoms with Crippen molar-refractivity contribution >= 4 is 5.91 Å². The number of carbonyl (C=O) groups is 1. The van der Waals surface area contributed by atoms with Gasteiger partial charge in [-0.25, -0.2) is 0 Å². The lowest BCUT2D eigenvalue weighted by molar-refractivity contribution is -0.117. The molecule has 2 aliphatic rings. The van der Waals surface area contributed by atoms with E-state index in [9.17, 15) is 15.0 Å². The van der Waals surface area contributed by atoms with Crippen LogP contribution in [0.15, 0.2) is 30.4 Å². The molecule has 6 atom stereocenters. The number of benzene rings is 1. The third-order valence-electron chi connectivity index (χ3n) is 5.84. The van der Waals surface area contributed by atoms with Crippen molar-refractivity contribution in [2.24, 2.45) is 17.6 Å². The summed E-state index contributed by atoms with van der Waals surface area (Å²) in [5, 5.41) is 20.9. The Hall–Kier alpha value is -2.29. The second-order valence-corrected chi connectivity index (χ2v) is 7.85. The van der Waals surface area contributed by atoms with Gasteiger partial charge in [0, 0.05) is 36.7 Å². The normalized spacial score (nSPS) is 27.4. The lowest BCUT2D eigenvalue weighted by Crippen LogP contribution is -2.19. The molecule has 150 valence electrons. The molecule has 28 heavy (non-hydrogen) atoms. The number of rotatable bonds is 7. The largest absolute Gasteiger partial charge is 0.489 e. The van der Waals surface area contributed by atoms with E-state index in [1.165, 1.54) is 0 Å². The topological polar surface area (TPSA) is 92.8 Å². The maximum atomic E-state index is 11.1. The summed E-state index contributed by atoms with van der Waals surface area (Å²) in [6.07, 6.45) is 4.55. The number of nitrogens with two attached hydrogens (primary N) is 1. The van der Waals surface area contributed by atoms with Crippen molar-refractivity contribution in [3.63, 3.8) is 0 Å². The summed E-state index contributed by atoms with van der Waals surface area (Å²) in [7, 11) is 0. The SMILES string of the molecule is CC#CC[C@@H](C)[C@H](O)C=C[C@@H]1[C@H]2c3cccc(CCC(N)=O)c3O[C@H]2C[C@H]1O. The molecule has 3 rings (SSSR count). The number of primary amides is 1. The third-order valence-corrected chi connectivity index (χ3v) is 5.84. The minimum absolute atomic E-state index is 0.0329. The summed E-state index contributed by atoms with van der Waals surface area (Å²) in [5.74, 6) is 6.31. The molecule has 1 aromatic carbocycles. The van der Waals surface area contributed by atoms with Crippen LogP contribution in [0.3, 0.4) is 0 Å². The van der Waals surface area contributed by atoms with Gasteiger partial charge >= 0.3 is 0 Å². The Balaban J connectivity index is 1.78. The highest BCUT2D eigenvalue weighted by Crippen LogP contribution is 2.52.